The Labute approximate surface area is 162 Å². The molecule has 27 heavy (non-hydrogen) atoms. The number of hydrogen-bond donors (Lipinski definition) is 1. The molecular weight excluding hydrogens is 366 g/mol. The molecule has 1 N–H and O–H groups in total. The van der Waals surface area contributed by atoms with Gasteiger partial charge in [0, 0.05) is 24.2 Å². The molecule has 0 radical (unpaired) electrons. The summed E-state index contributed by atoms with van der Waals surface area (Å²) in [5.74, 6) is 0.530. The number of benzene rings is 2. The minimum Gasteiger partial charge on any atom is -0.497 e. The minimum absolute atomic E-state index is 0.228. The third kappa shape index (κ3) is 4.48. The molecule has 7 heteroatoms. The fourth-order valence-electron chi connectivity index (χ4n) is 2.58. The van der Waals surface area contributed by atoms with Crippen LogP contribution in [0, 0.1) is 0 Å². The van der Waals surface area contributed by atoms with Crippen molar-refractivity contribution in [2.24, 2.45) is 0 Å². The number of ether oxygens (including phenoxy) is 2. The lowest BCUT2D eigenvalue weighted by Crippen LogP contribution is -2.28. The van der Waals surface area contributed by atoms with Crippen molar-refractivity contribution < 1.29 is 14.3 Å². The second-order valence-corrected chi connectivity index (χ2v) is 6.22. The second-order valence-electron chi connectivity index (χ2n) is 5.78. The molecule has 1 amide bonds. The van der Waals surface area contributed by atoms with Gasteiger partial charge < -0.3 is 14.8 Å². The average Bonchev–Trinajstić information content (AvgIpc) is 3.14. The first-order valence-corrected chi connectivity index (χ1v) is 8.77. The van der Waals surface area contributed by atoms with Crippen molar-refractivity contribution in [2.45, 2.75) is 0 Å². The topological polar surface area (TPSA) is 65.4 Å². The predicted octanol–water partition coefficient (Wildman–Crippen LogP) is 3.58. The number of nitrogens with zero attached hydrogens (tertiary/aromatic N) is 2. The molecule has 1 heterocycles. The maximum absolute atomic E-state index is 12.7. The number of methoxy groups -OCH3 is 2. The van der Waals surface area contributed by atoms with Crippen LogP contribution < -0.4 is 10.1 Å². The van der Waals surface area contributed by atoms with Crippen molar-refractivity contribution in [3.8, 4) is 22.7 Å². The second kappa shape index (κ2) is 8.70. The molecule has 6 nitrogen and oxygen atoms in total. The molecule has 3 rings (SSSR count). The van der Waals surface area contributed by atoms with Crippen LogP contribution in [0.4, 0.5) is 0 Å². The largest absolute Gasteiger partial charge is 0.497 e. The zero-order chi connectivity index (χ0) is 19.2. The van der Waals surface area contributed by atoms with Crippen molar-refractivity contribution in [1.29, 1.82) is 0 Å². The van der Waals surface area contributed by atoms with E-state index < -0.39 is 0 Å². The highest BCUT2D eigenvalue weighted by Crippen LogP contribution is 2.24. The van der Waals surface area contributed by atoms with Gasteiger partial charge in [-0.1, -0.05) is 11.6 Å². The fourth-order valence-corrected chi connectivity index (χ4v) is 2.71. The lowest BCUT2D eigenvalue weighted by Gasteiger charge is -2.08. The van der Waals surface area contributed by atoms with Gasteiger partial charge in [-0.25, -0.2) is 4.68 Å². The van der Waals surface area contributed by atoms with Crippen LogP contribution in [0.15, 0.2) is 54.6 Å². The van der Waals surface area contributed by atoms with Crippen molar-refractivity contribution >= 4 is 17.5 Å². The van der Waals surface area contributed by atoms with Gasteiger partial charge in [-0.05, 0) is 54.6 Å². The van der Waals surface area contributed by atoms with Gasteiger partial charge in [-0.2, -0.15) is 5.10 Å². The van der Waals surface area contributed by atoms with E-state index in [9.17, 15) is 4.79 Å². The number of halogens is 1. The van der Waals surface area contributed by atoms with Crippen LogP contribution >= 0.6 is 11.6 Å². The highest BCUT2D eigenvalue weighted by molar-refractivity contribution is 6.30. The van der Waals surface area contributed by atoms with Gasteiger partial charge in [-0.15, -0.1) is 0 Å². The summed E-state index contributed by atoms with van der Waals surface area (Å²) in [4.78, 5) is 12.7. The number of rotatable bonds is 7. The van der Waals surface area contributed by atoms with E-state index in [4.69, 9.17) is 21.1 Å². The first-order valence-electron chi connectivity index (χ1n) is 8.40. The maximum atomic E-state index is 12.7. The third-order valence-electron chi connectivity index (χ3n) is 3.99. The van der Waals surface area contributed by atoms with Gasteiger partial charge in [0.15, 0.2) is 0 Å². The average molecular weight is 386 g/mol. The first-order chi connectivity index (χ1) is 13.1. The van der Waals surface area contributed by atoms with Gasteiger partial charge in [-0.3, -0.25) is 4.79 Å². The molecule has 0 bridgehead atoms. The van der Waals surface area contributed by atoms with E-state index in [1.165, 1.54) is 0 Å². The zero-order valence-electron chi connectivity index (χ0n) is 15.1. The summed E-state index contributed by atoms with van der Waals surface area (Å²) >= 11 is 5.98. The van der Waals surface area contributed by atoms with Crippen molar-refractivity contribution in [1.82, 2.24) is 15.1 Å². The van der Waals surface area contributed by atoms with Crippen LogP contribution in [0.25, 0.3) is 16.9 Å². The Morgan fingerprint density at radius 2 is 1.81 bits per heavy atom. The van der Waals surface area contributed by atoms with Gasteiger partial charge in [0.05, 0.1) is 25.1 Å². The summed E-state index contributed by atoms with van der Waals surface area (Å²) in [5.41, 5.74) is 2.74. The molecule has 3 aromatic rings. The number of amides is 1. The standard InChI is InChI=1S/C20H20ClN3O3/c1-26-12-11-22-20(25)19-13-18(14-3-9-17(27-2)10-4-14)23-24(19)16-7-5-15(21)6-8-16/h3-10,13H,11-12H2,1-2H3,(H,22,25). The molecule has 0 saturated heterocycles. The quantitative estimate of drug-likeness (QED) is 0.631. The van der Waals surface area contributed by atoms with E-state index in [0.717, 1.165) is 17.0 Å². The van der Waals surface area contributed by atoms with Crippen LogP contribution in [-0.4, -0.2) is 43.1 Å². The highest BCUT2D eigenvalue weighted by atomic mass is 35.5. The van der Waals surface area contributed by atoms with E-state index in [1.807, 2.05) is 36.4 Å². The Bertz CT molecular complexity index is 905. The van der Waals surface area contributed by atoms with Crippen LogP contribution in [-0.2, 0) is 4.74 Å². The first kappa shape index (κ1) is 18.9. The van der Waals surface area contributed by atoms with Gasteiger partial charge >= 0.3 is 0 Å². The summed E-state index contributed by atoms with van der Waals surface area (Å²) in [7, 11) is 3.21. The summed E-state index contributed by atoms with van der Waals surface area (Å²) in [6.45, 7) is 0.852. The van der Waals surface area contributed by atoms with Gasteiger partial charge in [0.2, 0.25) is 0 Å². The number of nitrogens with one attached hydrogen (secondary N) is 1. The molecule has 2 aromatic carbocycles. The molecule has 0 aliphatic heterocycles. The lowest BCUT2D eigenvalue weighted by molar-refractivity contribution is 0.0929. The Kier molecular flexibility index (Phi) is 6.11. The maximum Gasteiger partial charge on any atom is 0.270 e. The summed E-state index contributed by atoms with van der Waals surface area (Å²) in [6.07, 6.45) is 0. The van der Waals surface area contributed by atoms with Crippen molar-refractivity contribution in [3.05, 3.63) is 65.3 Å². The molecule has 140 valence electrons. The Morgan fingerprint density at radius 3 is 2.44 bits per heavy atom. The summed E-state index contributed by atoms with van der Waals surface area (Å²) in [5, 5.41) is 8.08. The molecule has 1 aromatic heterocycles. The normalized spacial score (nSPS) is 10.6. The number of carbonyl (C=O) groups excluding carboxylic acids is 1. The van der Waals surface area contributed by atoms with Gasteiger partial charge in [0.25, 0.3) is 5.91 Å². The molecular formula is C20H20ClN3O3. The molecule has 0 fully saturated rings. The molecule has 0 aliphatic rings. The van der Waals surface area contributed by atoms with E-state index in [-0.39, 0.29) is 5.91 Å². The lowest BCUT2D eigenvalue weighted by atomic mass is 10.1. The van der Waals surface area contributed by atoms with Crippen LogP contribution in [0.5, 0.6) is 5.75 Å². The van der Waals surface area contributed by atoms with Gasteiger partial charge in [0.1, 0.15) is 11.4 Å². The molecule has 0 aliphatic carbocycles. The number of carbonyl (C=O) groups is 1. The number of aromatic nitrogens is 2. The van der Waals surface area contributed by atoms with E-state index in [2.05, 4.69) is 10.4 Å². The molecule has 0 saturated carbocycles. The SMILES string of the molecule is COCCNC(=O)c1cc(-c2ccc(OC)cc2)nn1-c1ccc(Cl)cc1. The van der Waals surface area contributed by atoms with Crippen molar-refractivity contribution in [2.75, 3.05) is 27.4 Å². The minimum atomic E-state index is -0.228. The Balaban J connectivity index is 1.99. The Morgan fingerprint density at radius 1 is 1.11 bits per heavy atom. The zero-order valence-corrected chi connectivity index (χ0v) is 15.9. The highest BCUT2D eigenvalue weighted by Gasteiger charge is 2.17. The smallest absolute Gasteiger partial charge is 0.270 e. The number of hydrogen-bond acceptors (Lipinski definition) is 4. The summed E-state index contributed by atoms with van der Waals surface area (Å²) < 4.78 is 11.8. The molecule has 0 atom stereocenters. The van der Waals surface area contributed by atoms with Crippen molar-refractivity contribution in [3.63, 3.8) is 0 Å². The molecule has 0 spiro atoms. The Hall–Kier alpha value is -2.83. The van der Waals surface area contributed by atoms with E-state index in [0.29, 0.717) is 29.6 Å². The van der Waals surface area contributed by atoms with Crippen LogP contribution in [0.1, 0.15) is 10.5 Å². The predicted molar refractivity (Wildman–Crippen MR) is 105 cm³/mol. The van der Waals surface area contributed by atoms with E-state index >= 15 is 0 Å². The third-order valence-corrected chi connectivity index (χ3v) is 4.24. The van der Waals surface area contributed by atoms with Crippen LogP contribution in [0.3, 0.4) is 0 Å². The summed E-state index contributed by atoms with van der Waals surface area (Å²) in [6, 6.07) is 16.4. The van der Waals surface area contributed by atoms with Crippen LogP contribution in [0.2, 0.25) is 5.02 Å². The van der Waals surface area contributed by atoms with E-state index in [1.54, 1.807) is 37.1 Å². The molecule has 0 unspecified atom stereocenters. The monoisotopic (exact) mass is 385 g/mol. The fraction of sp³-hybridized carbons (Fsp3) is 0.200.